The highest BCUT2D eigenvalue weighted by atomic mass is 16.2. The quantitative estimate of drug-likeness (QED) is 0.655. The highest BCUT2D eigenvalue weighted by Gasteiger charge is 2.04. The Kier molecular flexibility index (Phi) is 5.24. The molecule has 0 spiro atoms. The standard InChI is InChI=1S/C17H20N6O/c24-17(19-8-4-10-22-12-9-18-14-22)20-16-7-11-23(21-16)13-15-5-2-1-3-6-15/h1-3,5-7,9,11-12,14H,4,8,10,13H2,(H2,19,20,21,24). The predicted octanol–water partition coefficient (Wildman–Crippen LogP) is 2.34. The van der Waals surface area contributed by atoms with E-state index in [0.717, 1.165) is 18.5 Å². The summed E-state index contributed by atoms with van der Waals surface area (Å²) in [6.45, 7) is 2.09. The zero-order chi connectivity index (χ0) is 16.6. The minimum atomic E-state index is -0.245. The third-order valence-electron chi connectivity index (χ3n) is 3.51. The molecule has 0 saturated carbocycles. The summed E-state index contributed by atoms with van der Waals surface area (Å²) < 4.78 is 3.77. The van der Waals surface area contributed by atoms with Gasteiger partial charge in [0.2, 0.25) is 0 Å². The molecule has 124 valence electrons. The molecule has 2 amide bonds. The van der Waals surface area contributed by atoms with Gasteiger partial charge in [0.25, 0.3) is 0 Å². The minimum Gasteiger partial charge on any atom is -0.338 e. The van der Waals surface area contributed by atoms with Gasteiger partial charge in [-0.25, -0.2) is 9.78 Å². The molecule has 0 atom stereocenters. The largest absolute Gasteiger partial charge is 0.338 e. The maximum atomic E-state index is 11.9. The van der Waals surface area contributed by atoms with E-state index in [1.807, 2.05) is 47.3 Å². The lowest BCUT2D eigenvalue weighted by atomic mass is 10.2. The molecule has 3 aromatic rings. The zero-order valence-electron chi connectivity index (χ0n) is 13.3. The van der Waals surface area contributed by atoms with Crippen LogP contribution in [0, 0.1) is 0 Å². The van der Waals surface area contributed by atoms with Crippen LogP contribution in [-0.2, 0) is 13.1 Å². The number of rotatable bonds is 7. The molecule has 0 aliphatic rings. The van der Waals surface area contributed by atoms with E-state index in [1.165, 1.54) is 0 Å². The van der Waals surface area contributed by atoms with Crippen molar-refractivity contribution in [3.05, 3.63) is 66.9 Å². The van der Waals surface area contributed by atoms with E-state index >= 15 is 0 Å². The minimum absolute atomic E-state index is 0.245. The Labute approximate surface area is 140 Å². The number of hydrogen-bond acceptors (Lipinski definition) is 3. The first-order valence-corrected chi connectivity index (χ1v) is 7.87. The number of amides is 2. The van der Waals surface area contributed by atoms with Crippen molar-refractivity contribution >= 4 is 11.8 Å². The summed E-state index contributed by atoms with van der Waals surface area (Å²) in [5.74, 6) is 0.540. The highest BCUT2D eigenvalue weighted by Crippen LogP contribution is 2.06. The van der Waals surface area contributed by atoms with Crippen LogP contribution in [-0.4, -0.2) is 31.9 Å². The van der Waals surface area contributed by atoms with Crippen molar-refractivity contribution in [1.29, 1.82) is 0 Å². The maximum Gasteiger partial charge on any atom is 0.320 e. The Hall–Kier alpha value is -3.09. The van der Waals surface area contributed by atoms with Crippen LogP contribution in [0.5, 0.6) is 0 Å². The number of carbonyl (C=O) groups excluding carboxylic acids is 1. The molecule has 0 unspecified atom stereocenters. The molecule has 0 fully saturated rings. The van der Waals surface area contributed by atoms with Crippen molar-refractivity contribution in [2.45, 2.75) is 19.5 Å². The van der Waals surface area contributed by atoms with Gasteiger partial charge >= 0.3 is 6.03 Å². The van der Waals surface area contributed by atoms with Gasteiger partial charge in [0.05, 0.1) is 12.9 Å². The summed E-state index contributed by atoms with van der Waals surface area (Å²) in [6, 6.07) is 11.6. The third-order valence-corrected chi connectivity index (χ3v) is 3.51. The molecule has 1 aromatic carbocycles. The fraction of sp³-hybridized carbons (Fsp3) is 0.235. The lowest BCUT2D eigenvalue weighted by molar-refractivity contribution is 0.251. The van der Waals surface area contributed by atoms with Crippen LogP contribution in [0.2, 0.25) is 0 Å². The van der Waals surface area contributed by atoms with Crippen LogP contribution in [0.1, 0.15) is 12.0 Å². The fourth-order valence-electron chi connectivity index (χ4n) is 2.33. The van der Waals surface area contributed by atoms with Crippen LogP contribution in [0.15, 0.2) is 61.3 Å². The first-order chi connectivity index (χ1) is 11.8. The lowest BCUT2D eigenvalue weighted by Crippen LogP contribution is -2.30. The Morgan fingerprint density at radius 3 is 2.79 bits per heavy atom. The van der Waals surface area contributed by atoms with Crippen LogP contribution in [0.4, 0.5) is 10.6 Å². The molecule has 0 radical (unpaired) electrons. The summed E-state index contributed by atoms with van der Waals surface area (Å²) in [4.78, 5) is 15.8. The van der Waals surface area contributed by atoms with Crippen molar-refractivity contribution in [3.8, 4) is 0 Å². The number of hydrogen-bond donors (Lipinski definition) is 2. The van der Waals surface area contributed by atoms with E-state index in [9.17, 15) is 4.79 Å². The monoisotopic (exact) mass is 324 g/mol. The van der Waals surface area contributed by atoms with Gasteiger partial charge in [-0.05, 0) is 12.0 Å². The summed E-state index contributed by atoms with van der Waals surface area (Å²) in [5.41, 5.74) is 1.16. The molecule has 0 bridgehead atoms. The third kappa shape index (κ3) is 4.70. The molecule has 7 nitrogen and oxygen atoms in total. The summed E-state index contributed by atoms with van der Waals surface area (Å²) in [5, 5.41) is 9.91. The number of anilines is 1. The predicted molar refractivity (Wildman–Crippen MR) is 91.6 cm³/mol. The molecule has 2 N–H and O–H groups in total. The number of nitrogens with one attached hydrogen (secondary N) is 2. The van der Waals surface area contributed by atoms with Crippen molar-refractivity contribution in [2.24, 2.45) is 0 Å². The van der Waals surface area contributed by atoms with Crippen LogP contribution in [0.25, 0.3) is 0 Å². The molecule has 0 aliphatic carbocycles. The molecule has 24 heavy (non-hydrogen) atoms. The van der Waals surface area contributed by atoms with Gasteiger partial charge in [-0.15, -0.1) is 0 Å². The second-order valence-corrected chi connectivity index (χ2v) is 5.42. The van der Waals surface area contributed by atoms with Gasteiger partial charge in [0.1, 0.15) is 0 Å². The number of aryl methyl sites for hydroxylation is 1. The van der Waals surface area contributed by atoms with Crippen molar-refractivity contribution < 1.29 is 4.79 Å². The first-order valence-electron chi connectivity index (χ1n) is 7.87. The molecule has 0 saturated heterocycles. The van der Waals surface area contributed by atoms with E-state index in [0.29, 0.717) is 18.9 Å². The maximum absolute atomic E-state index is 11.9. The topological polar surface area (TPSA) is 76.8 Å². The molecule has 2 heterocycles. The van der Waals surface area contributed by atoms with E-state index in [2.05, 4.69) is 20.7 Å². The average molecular weight is 324 g/mol. The zero-order valence-corrected chi connectivity index (χ0v) is 13.3. The van der Waals surface area contributed by atoms with Crippen molar-refractivity contribution in [2.75, 3.05) is 11.9 Å². The van der Waals surface area contributed by atoms with Crippen LogP contribution < -0.4 is 10.6 Å². The molecule has 3 rings (SSSR count). The van der Waals surface area contributed by atoms with Gasteiger partial charge in [-0.3, -0.25) is 10.00 Å². The second-order valence-electron chi connectivity index (χ2n) is 5.42. The number of urea groups is 1. The fourth-order valence-corrected chi connectivity index (χ4v) is 2.33. The molecule has 2 aromatic heterocycles. The Morgan fingerprint density at radius 1 is 1.12 bits per heavy atom. The van der Waals surface area contributed by atoms with E-state index in [1.54, 1.807) is 23.3 Å². The van der Waals surface area contributed by atoms with Crippen LogP contribution >= 0.6 is 0 Å². The molecular weight excluding hydrogens is 304 g/mol. The Balaban J connectivity index is 1.40. The second kappa shape index (κ2) is 7.96. The van der Waals surface area contributed by atoms with Crippen molar-refractivity contribution in [1.82, 2.24) is 24.6 Å². The highest BCUT2D eigenvalue weighted by molar-refractivity contribution is 5.88. The summed E-state index contributed by atoms with van der Waals surface area (Å²) in [6.07, 6.45) is 8.10. The number of benzene rings is 1. The molecular formula is C17H20N6O. The van der Waals surface area contributed by atoms with Crippen molar-refractivity contribution in [3.63, 3.8) is 0 Å². The number of carbonyl (C=O) groups is 1. The van der Waals surface area contributed by atoms with E-state index < -0.39 is 0 Å². The Morgan fingerprint density at radius 2 is 2.00 bits per heavy atom. The van der Waals surface area contributed by atoms with Gasteiger partial charge in [-0.1, -0.05) is 30.3 Å². The molecule has 7 heteroatoms. The smallest absolute Gasteiger partial charge is 0.320 e. The van der Waals surface area contributed by atoms with E-state index in [-0.39, 0.29) is 6.03 Å². The van der Waals surface area contributed by atoms with Gasteiger partial charge in [0, 0.05) is 37.7 Å². The SMILES string of the molecule is O=C(NCCCn1ccnc1)Nc1ccn(Cc2ccccc2)n1. The Bertz CT molecular complexity index is 751. The van der Waals surface area contributed by atoms with Gasteiger partial charge in [0.15, 0.2) is 5.82 Å². The number of imidazole rings is 1. The van der Waals surface area contributed by atoms with E-state index in [4.69, 9.17) is 0 Å². The first kappa shape index (κ1) is 15.8. The lowest BCUT2D eigenvalue weighted by Gasteiger charge is -2.06. The average Bonchev–Trinajstić information content (AvgIpc) is 3.25. The summed E-state index contributed by atoms with van der Waals surface area (Å²) >= 11 is 0. The normalized spacial score (nSPS) is 10.5. The number of aromatic nitrogens is 4. The molecule has 0 aliphatic heterocycles. The van der Waals surface area contributed by atoms with Gasteiger partial charge < -0.3 is 9.88 Å². The number of nitrogens with zero attached hydrogens (tertiary/aromatic N) is 4. The summed E-state index contributed by atoms with van der Waals surface area (Å²) in [7, 11) is 0. The van der Waals surface area contributed by atoms with Gasteiger partial charge in [-0.2, -0.15) is 5.10 Å². The van der Waals surface area contributed by atoms with Crippen LogP contribution in [0.3, 0.4) is 0 Å².